The molecule has 0 heterocycles. The van der Waals surface area contributed by atoms with Gasteiger partial charge in [0.15, 0.2) is 17.3 Å². The minimum absolute atomic E-state index is 0.0396. The Morgan fingerprint density at radius 3 is 1.63 bits per heavy atom. The first kappa shape index (κ1) is 18.3. The monoisotopic (exact) mass is 358 g/mol. The zero-order valence-corrected chi connectivity index (χ0v) is 15.0. The second kappa shape index (κ2) is 7.38. The van der Waals surface area contributed by atoms with Gasteiger partial charge >= 0.3 is 0 Å². The predicted molar refractivity (Wildman–Crippen MR) is 104 cm³/mol. The molecule has 0 fully saturated rings. The number of aromatic hydroxyl groups is 1. The van der Waals surface area contributed by atoms with Gasteiger partial charge in [-0.05, 0) is 19.4 Å². The van der Waals surface area contributed by atoms with E-state index in [9.17, 15) is 19.5 Å². The van der Waals surface area contributed by atoms with Gasteiger partial charge in [-0.2, -0.15) is 0 Å². The van der Waals surface area contributed by atoms with Crippen molar-refractivity contribution in [2.45, 2.75) is 13.8 Å². The van der Waals surface area contributed by atoms with Gasteiger partial charge in [0.05, 0.1) is 5.56 Å². The summed E-state index contributed by atoms with van der Waals surface area (Å²) in [5, 5.41) is 10.6. The molecule has 0 saturated carbocycles. The van der Waals surface area contributed by atoms with Gasteiger partial charge in [0, 0.05) is 22.3 Å². The van der Waals surface area contributed by atoms with E-state index >= 15 is 0 Å². The molecule has 0 radical (unpaired) electrons. The first-order valence-corrected chi connectivity index (χ1v) is 8.48. The van der Waals surface area contributed by atoms with Crippen LogP contribution >= 0.6 is 0 Å². The number of benzene rings is 2. The third-order valence-electron chi connectivity index (χ3n) is 4.41. The molecule has 0 atom stereocenters. The summed E-state index contributed by atoms with van der Waals surface area (Å²) >= 11 is 0. The van der Waals surface area contributed by atoms with Crippen molar-refractivity contribution in [2.24, 2.45) is 0 Å². The van der Waals surface area contributed by atoms with Crippen LogP contribution in [-0.2, 0) is 0 Å². The molecule has 0 bridgehead atoms. The van der Waals surface area contributed by atoms with Crippen molar-refractivity contribution < 1.29 is 14.7 Å². The Labute approximate surface area is 156 Å². The third kappa shape index (κ3) is 3.42. The summed E-state index contributed by atoms with van der Waals surface area (Å²) in [5.41, 5.74) is 0.501. The van der Waals surface area contributed by atoms with E-state index < -0.39 is 22.7 Å². The van der Waals surface area contributed by atoms with Crippen molar-refractivity contribution in [3.8, 4) is 5.75 Å². The highest BCUT2D eigenvalue weighted by Crippen LogP contribution is 2.26. The van der Waals surface area contributed by atoms with Crippen LogP contribution in [0.1, 0.15) is 43.0 Å². The minimum atomic E-state index is -0.700. The molecule has 0 spiro atoms. The Morgan fingerprint density at radius 2 is 1.15 bits per heavy atom. The summed E-state index contributed by atoms with van der Waals surface area (Å²) < 4.78 is 0. The molecule has 0 aliphatic rings. The Bertz CT molecular complexity index is 1080. The standard InChI is InChI=1S/C23H18O4/c1-14-13-15(2)20(24)23(27)19(22(26)17-11-7-4-8-12-17)18(14)21(25)16-9-5-3-6-10-16/h3-13H,1-2H3,(H,24,27). The summed E-state index contributed by atoms with van der Waals surface area (Å²) in [4.78, 5) is 38.8. The van der Waals surface area contributed by atoms with Crippen LogP contribution < -0.4 is 5.43 Å². The van der Waals surface area contributed by atoms with Crippen molar-refractivity contribution in [1.29, 1.82) is 0 Å². The van der Waals surface area contributed by atoms with Crippen molar-refractivity contribution in [3.05, 3.63) is 110 Å². The van der Waals surface area contributed by atoms with Gasteiger partial charge in [0.2, 0.25) is 5.43 Å². The largest absolute Gasteiger partial charge is 0.504 e. The molecule has 0 saturated heterocycles. The fraction of sp³-hybridized carbons (Fsp3) is 0.0870. The van der Waals surface area contributed by atoms with E-state index in [-0.39, 0.29) is 22.3 Å². The molecule has 4 heteroatoms. The van der Waals surface area contributed by atoms with Gasteiger partial charge in [-0.1, -0.05) is 66.7 Å². The van der Waals surface area contributed by atoms with E-state index in [0.717, 1.165) is 0 Å². The topological polar surface area (TPSA) is 71.4 Å². The van der Waals surface area contributed by atoms with Gasteiger partial charge in [-0.3, -0.25) is 14.4 Å². The van der Waals surface area contributed by atoms with Crippen molar-refractivity contribution in [2.75, 3.05) is 0 Å². The Balaban J connectivity index is 2.37. The van der Waals surface area contributed by atoms with E-state index in [1.807, 2.05) is 0 Å². The van der Waals surface area contributed by atoms with Gasteiger partial charge in [-0.25, -0.2) is 0 Å². The molecule has 1 N–H and O–H groups in total. The van der Waals surface area contributed by atoms with Crippen LogP contribution in [0.15, 0.2) is 71.5 Å². The highest BCUT2D eigenvalue weighted by Gasteiger charge is 2.26. The Kier molecular flexibility index (Phi) is 4.99. The molecule has 27 heavy (non-hydrogen) atoms. The van der Waals surface area contributed by atoms with Crippen LogP contribution in [-0.4, -0.2) is 16.7 Å². The Hall–Kier alpha value is -3.53. The van der Waals surface area contributed by atoms with Gasteiger partial charge in [0.25, 0.3) is 0 Å². The van der Waals surface area contributed by atoms with Crippen molar-refractivity contribution in [3.63, 3.8) is 0 Å². The SMILES string of the molecule is Cc1cc(C)c(=O)c(O)c(C(=O)c2ccccc2)c1C(=O)c1ccccc1. The lowest BCUT2D eigenvalue weighted by Gasteiger charge is -2.09. The van der Waals surface area contributed by atoms with Crippen molar-refractivity contribution >= 4 is 11.6 Å². The van der Waals surface area contributed by atoms with Crippen LogP contribution in [0.5, 0.6) is 5.75 Å². The first-order chi connectivity index (χ1) is 12.9. The van der Waals surface area contributed by atoms with Gasteiger partial charge < -0.3 is 5.11 Å². The maximum atomic E-state index is 13.2. The van der Waals surface area contributed by atoms with E-state index in [2.05, 4.69) is 0 Å². The highest BCUT2D eigenvalue weighted by atomic mass is 16.3. The summed E-state index contributed by atoms with van der Waals surface area (Å²) in [6.45, 7) is 3.20. The van der Waals surface area contributed by atoms with Crippen LogP contribution in [0, 0.1) is 13.8 Å². The molecule has 0 aliphatic heterocycles. The van der Waals surface area contributed by atoms with E-state index in [0.29, 0.717) is 11.1 Å². The normalized spacial score (nSPS) is 10.4. The maximum Gasteiger partial charge on any atom is 0.223 e. The number of aryl methyl sites for hydroxylation is 2. The first-order valence-electron chi connectivity index (χ1n) is 8.48. The fourth-order valence-electron chi connectivity index (χ4n) is 3.06. The lowest BCUT2D eigenvalue weighted by atomic mass is 9.92. The number of hydrogen-bond donors (Lipinski definition) is 1. The molecule has 0 aromatic heterocycles. The van der Waals surface area contributed by atoms with E-state index in [4.69, 9.17) is 0 Å². The zero-order chi connectivity index (χ0) is 19.6. The fourth-order valence-corrected chi connectivity index (χ4v) is 3.06. The summed E-state index contributed by atoms with van der Waals surface area (Å²) in [5.74, 6) is -1.69. The summed E-state index contributed by atoms with van der Waals surface area (Å²) in [6.07, 6.45) is 0. The van der Waals surface area contributed by atoms with Gasteiger partial charge in [0.1, 0.15) is 0 Å². The highest BCUT2D eigenvalue weighted by molar-refractivity contribution is 6.21. The molecule has 3 rings (SSSR count). The van der Waals surface area contributed by atoms with Crippen LogP contribution in [0.25, 0.3) is 0 Å². The average molecular weight is 358 g/mol. The smallest absolute Gasteiger partial charge is 0.223 e. The predicted octanol–water partition coefficient (Wildman–Crippen LogP) is 3.83. The number of carbonyl (C=O) groups excluding carboxylic acids is 2. The van der Waals surface area contributed by atoms with Crippen LogP contribution in [0.4, 0.5) is 0 Å². The average Bonchev–Trinajstić information content (AvgIpc) is 2.78. The van der Waals surface area contributed by atoms with Crippen molar-refractivity contribution in [1.82, 2.24) is 0 Å². The zero-order valence-electron chi connectivity index (χ0n) is 15.0. The Morgan fingerprint density at radius 1 is 0.704 bits per heavy atom. The number of carbonyl (C=O) groups is 2. The maximum absolute atomic E-state index is 13.2. The third-order valence-corrected chi connectivity index (χ3v) is 4.41. The molecule has 134 valence electrons. The van der Waals surface area contributed by atoms with E-state index in [1.165, 1.54) is 6.07 Å². The van der Waals surface area contributed by atoms with Crippen LogP contribution in [0.2, 0.25) is 0 Å². The molecule has 0 aliphatic carbocycles. The quantitative estimate of drug-likeness (QED) is 0.720. The summed E-state index contributed by atoms with van der Waals surface area (Å²) in [6, 6.07) is 18.3. The number of rotatable bonds is 4. The second-order valence-electron chi connectivity index (χ2n) is 6.33. The van der Waals surface area contributed by atoms with Crippen LogP contribution in [0.3, 0.4) is 0 Å². The van der Waals surface area contributed by atoms with E-state index in [1.54, 1.807) is 74.5 Å². The number of hydrogen-bond acceptors (Lipinski definition) is 4. The lowest BCUT2D eigenvalue weighted by Crippen LogP contribution is -2.14. The molecular weight excluding hydrogens is 340 g/mol. The molecular formula is C23H18O4. The summed E-state index contributed by atoms with van der Waals surface area (Å²) in [7, 11) is 0. The number of ketones is 2. The second-order valence-corrected chi connectivity index (χ2v) is 6.33. The lowest BCUT2D eigenvalue weighted by molar-refractivity contribution is 0.100. The molecule has 0 unspecified atom stereocenters. The minimum Gasteiger partial charge on any atom is -0.504 e. The molecule has 3 aromatic rings. The molecule has 4 nitrogen and oxygen atoms in total. The molecule has 3 aromatic carbocycles. The van der Waals surface area contributed by atoms with Gasteiger partial charge in [-0.15, -0.1) is 0 Å². The molecule has 0 amide bonds.